The molecule has 2 N–H and O–H groups in total. The number of hydrogen-bond donors (Lipinski definition) is 3. The van der Waals surface area contributed by atoms with Gasteiger partial charge in [0, 0.05) is 39.3 Å². The van der Waals surface area contributed by atoms with E-state index in [0.717, 1.165) is 38.8 Å². The Morgan fingerprint density at radius 2 is 1.35 bits per heavy atom. The molecule has 0 aromatic carbocycles. The van der Waals surface area contributed by atoms with E-state index in [4.69, 9.17) is 4.79 Å². The summed E-state index contributed by atoms with van der Waals surface area (Å²) in [6.07, 6.45) is 4.42. The fraction of sp³-hybridized carbons (Fsp3) is 0.800. The van der Waals surface area contributed by atoms with E-state index in [2.05, 4.69) is 44.8 Å². The number of carbonyl (C=O) groups is 2. The second-order valence-electron chi connectivity index (χ2n) is 3.31. The van der Waals surface area contributed by atoms with Gasteiger partial charge in [-0.05, 0) is 12.8 Å². The third-order valence-electron chi connectivity index (χ3n) is 1.83. The van der Waals surface area contributed by atoms with Gasteiger partial charge < -0.3 is 10.6 Å². The van der Waals surface area contributed by atoms with Gasteiger partial charge in [0.05, 0.1) is 0 Å². The van der Waals surface area contributed by atoms with E-state index in [1.807, 2.05) is 4.90 Å². The average Bonchev–Trinajstić information content (AvgIpc) is 2.16. The first-order valence-corrected chi connectivity index (χ1v) is 6.31. The van der Waals surface area contributed by atoms with Gasteiger partial charge in [0.15, 0.2) is 0 Å². The van der Waals surface area contributed by atoms with E-state index in [1.165, 1.54) is 0 Å². The molecule has 3 radical (unpaired) electrons. The Labute approximate surface area is 134 Å². The van der Waals surface area contributed by atoms with Gasteiger partial charge in [-0.3, -0.25) is 9.59 Å². The number of primary amides is 1. The zero-order chi connectivity index (χ0) is 13.0. The van der Waals surface area contributed by atoms with Crippen LogP contribution in [0.3, 0.4) is 0 Å². The molecule has 2 amide bonds. The third-order valence-corrected chi connectivity index (χ3v) is 2.12. The van der Waals surface area contributed by atoms with E-state index in [-0.39, 0.29) is 31.4 Å². The van der Waals surface area contributed by atoms with Crippen molar-refractivity contribution in [3.05, 3.63) is 0 Å². The standard InChI is InChI=1S/C9H19NOS.CH3NOS.Bi/c1-3-5-7-10(9(11)12)8-6-4-2;2-1(3)4;/h3-8H2,1-2H3,(H,11,12);(H3,2,3,4);. The largest absolute Gasteiger partial charge is 0.361 e. The van der Waals surface area contributed by atoms with Crippen LogP contribution in [0.4, 0.5) is 9.59 Å². The summed E-state index contributed by atoms with van der Waals surface area (Å²) in [5.74, 6) is 0. The van der Waals surface area contributed by atoms with Crippen LogP contribution < -0.4 is 5.73 Å². The van der Waals surface area contributed by atoms with Gasteiger partial charge in [-0.15, -0.1) is 0 Å². The van der Waals surface area contributed by atoms with Gasteiger partial charge in [-0.25, -0.2) is 0 Å². The molecule has 0 spiro atoms. The van der Waals surface area contributed by atoms with Crippen LogP contribution in [0.5, 0.6) is 0 Å². The first-order valence-electron chi connectivity index (χ1n) is 5.41. The number of rotatable bonds is 6. The van der Waals surface area contributed by atoms with Gasteiger partial charge in [-0.2, -0.15) is 0 Å². The number of thiol groups is 2. The molecule has 0 rings (SSSR count). The number of carbonyl (C=O) groups excluding carboxylic acids is 2. The maximum atomic E-state index is 10.9. The summed E-state index contributed by atoms with van der Waals surface area (Å²) in [6.45, 7) is 5.97. The molecule has 0 aromatic heterocycles. The molecule has 0 fully saturated rings. The fourth-order valence-corrected chi connectivity index (χ4v) is 1.20. The normalized spacial score (nSPS) is 8.47. The summed E-state index contributed by atoms with van der Waals surface area (Å²) in [5, 5.41) is -0.725. The van der Waals surface area contributed by atoms with Crippen LogP contribution in [0.1, 0.15) is 39.5 Å². The number of amides is 2. The van der Waals surface area contributed by atoms with E-state index in [0.29, 0.717) is 0 Å². The third kappa shape index (κ3) is 22.2. The molecule has 0 heterocycles. The molecule has 0 atom stereocenters. The molecule has 0 saturated carbocycles. The second-order valence-corrected chi connectivity index (χ2v) is 4.14. The Hall–Kier alpha value is 0.523. The number of hydrogen-bond acceptors (Lipinski definition) is 2. The summed E-state index contributed by atoms with van der Waals surface area (Å²) in [6, 6.07) is 0. The van der Waals surface area contributed by atoms with Crippen molar-refractivity contribution in [3.63, 3.8) is 0 Å². The number of nitrogens with two attached hydrogens (primary N) is 1. The molecular formula is C10H22BiN2O2S2. The molecule has 101 valence electrons. The first-order chi connectivity index (χ1) is 7.45. The molecule has 0 aromatic rings. The summed E-state index contributed by atoms with van der Waals surface area (Å²) in [5.41, 5.74) is 4.34. The predicted octanol–water partition coefficient (Wildman–Crippen LogP) is 2.55. The van der Waals surface area contributed by atoms with Crippen molar-refractivity contribution in [2.75, 3.05) is 13.1 Å². The minimum atomic E-state index is -0.639. The number of unbranched alkanes of at least 4 members (excludes halogenated alkanes) is 2. The summed E-state index contributed by atoms with van der Waals surface area (Å²) >= 11 is 6.93. The molecular weight excluding hydrogens is 453 g/mol. The zero-order valence-electron chi connectivity index (χ0n) is 10.4. The van der Waals surface area contributed by atoms with Crippen LogP contribution in [0, 0.1) is 0 Å². The topological polar surface area (TPSA) is 63.4 Å². The van der Waals surface area contributed by atoms with Crippen molar-refractivity contribution in [2.24, 2.45) is 5.73 Å². The summed E-state index contributed by atoms with van der Waals surface area (Å²) < 4.78 is 0. The summed E-state index contributed by atoms with van der Waals surface area (Å²) in [4.78, 5) is 21.8. The van der Waals surface area contributed by atoms with Crippen LogP contribution in [-0.2, 0) is 0 Å². The monoisotopic (exact) mass is 475 g/mol. The van der Waals surface area contributed by atoms with Crippen LogP contribution in [0.15, 0.2) is 0 Å². The van der Waals surface area contributed by atoms with Crippen molar-refractivity contribution in [1.82, 2.24) is 4.90 Å². The second kappa shape index (κ2) is 16.5. The minimum Gasteiger partial charge on any atom is -0.361 e. The van der Waals surface area contributed by atoms with E-state index >= 15 is 0 Å². The Morgan fingerprint density at radius 3 is 1.53 bits per heavy atom. The molecule has 0 aliphatic heterocycles. The SMILES string of the molecule is CCCCN(CCCC)C(=O)S.NC(=O)S.[Bi]. The minimum absolute atomic E-state index is 0. The Bertz CT molecular complexity index is 195. The van der Waals surface area contributed by atoms with Crippen LogP contribution in [-0.4, -0.2) is 54.7 Å². The van der Waals surface area contributed by atoms with Crippen LogP contribution in [0.2, 0.25) is 0 Å². The van der Waals surface area contributed by atoms with E-state index in [9.17, 15) is 4.79 Å². The van der Waals surface area contributed by atoms with Crippen LogP contribution >= 0.6 is 25.3 Å². The molecule has 0 bridgehead atoms. The van der Waals surface area contributed by atoms with Gasteiger partial charge in [0.25, 0.3) is 10.5 Å². The molecule has 7 heteroatoms. The van der Waals surface area contributed by atoms with Crippen LogP contribution in [0.25, 0.3) is 0 Å². The maximum absolute atomic E-state index is 10.9. The average molecular weight is 475 g/mol. The number of nitrogens with zero attached hydrogens (tertiary/aromatic N) is 1. The summed E-state index contributed by atoms with van der Waals surface area (Å²) in [7, 11) is 0. The zero-order valence-corrected chi connectivity index (χ0v) is 15.7. The first kappa shape index (κ1) is 22.7. The molecule has 0 aliphatic rings. The molecule has 4 nitrogen and oxygen atoms in total. The van der Waals surface area contributed by atoms with Crippen molar-refractivity contribution in [3.8, 4) is 0 Å². The Morgan fingerprint density at radius 1 is 1.06 bits per heavy atom. The van der Waals surface area contributed by atoms with Gasteiger partial charge in [0.2, 0.25) is 0 Å². The molecule has 0 saturated heterocycles. The maximum Gasteiger partial charge on any atom is 0.278 e. The molecule has 0 unspecified atom stereocenters. The fourth-order valence-electron chi connectivity index (χ4n) is 1.00. The van der Waals surface area contributed by atoms with Crippen molar-refractivity contribution >= 4 is 61.9 Å². The Kier molecular flexibility index (Phi) is 22.0. The molecule has 0 aliphatic carbocycles. The van der Waals surface area contributed by atoms with Gasteiger partial charge in [-0.1, -0.05) is 51.9 Å². The van der Waals surface area contributed by atoms with Crippen molar-refractivity contribution < 1.29 is 9.59 Å². The smallest absolute Gasteiger partial charge is 0.278 e. The van der Waals surface area contributed by atoms with Gasteiger partial charge in [0.1, 0.15) is 0 Å². The van der Waals surface area contributed by atoms with Crippen molar-refractivity contribution in [1.29, 1.82) is 0 Å². The Balaban J connectivity index is -0.000000340. The van der Waals surface area contributed by atoms with Gasteiger partial charge >= 0.3 is 0 Å². The van der Waals surface area contributed by atoms with E-state index < -0.39 is 5.24 Å². The molecule has 17 heavy (non-hydrogen) atoms. The quantitative estimate of drug-likeness (QED) is 0.409. The van der Waals surface area contributed by atoms with Crippen molar-refractivity contribution in [2.45, 2.75) is 39.5 Å². The predicted molar refractivity (Wildman–Crippen MR) is 80.1 cm³/mol. The van der Waals surface area contributed by atoms with E-state index in [1.54, 1.807) is 0 Å².